The van der Waals surface area contributed by atoms with Crippen LogP contribution in [0.1, 0.15) is 25.3 Å². The SMILES string of the molecule is COc1cccc(CNC(=O)[C@@]2(C)CCCN(C(=O)Nc3ccc(Br)cc3)C2)c1. The van der Waals surface area contributed by atoms with E-state index in [0.717, 1.165) is 34.3 Å². The third-order valence-electron chi connectivity index (χ3n) is 5.21. The van der Waals surface area contributed by atoms with Crippen molar-refractivity contribution in [3.05, 3.63) is 58.6 Å². The number of methoxy groups -OCH3 is 1. The second kappa shape index (κ2) is 9.31. The van der Waals surface area contributed by atoms with Crippen molar-refractivity contribution in [3.63, 3.8) is 0 Å². The van der Waals surface area contributed by atoms with Crippen molar-refractivity contribution in [3.8, 4) is 5.75 Å². The number of amides is 3. The minimum atomic E-state index is -0.617. The van der Waals surface area contributed by atoms with E-state index in [-0.39, 0.29) is 11.9 Å². The van der Waals surface area contributed by atoms with Gasteiger partial charge < -0.3 is 20.3 Å². The van der Waals surface area contributed by atoms with E-state index in [9.17, 15) is 9.59 Å². The molecule has 1 aliphatic heterocycles. The molecule has 2 N–H and O–H groups in total. The van der Waals surface area contributed by atoms with Gasteiger partial charge in [-0.2, -0.15) is 0 Å². The van der Waals surface area contributed by atoms with E-state index in [1.54, 1.807) is 12.0 Å². The minimum Gasteiger partial charge on any atom is -0.497 e. The summed E-state index contributed by atoms with van der Waals surface area (Å²) in [6.07, 6.45) is 1.54. The summed E-state index contributed by atoms with van der Waals surface area (Å²) in [5, 5.41) is 5.92. The Balaban J connectivity index is 1.59. The van der Waals surface area contributed by atoms with E-state index in [0.29, 0.717) is 19.6 Å². The number of piperidine rings is 1. The fraction of sp³-hybridized carbons (Fsp3) is 0.364. The lowest BCUT2D eigenvalue weighted by Crippen LogP contribution is -2.52. The van der Waals surface area contributed by atoms with Crippen molar-refractivity contribution in [2.24, 2.45) is 5.41 Å². The van der Waals surface area contributed by atoms with E-state index < -0.39 is 5.41 Å². The van der Waals surface area contributed by atoms with Crippen LogP contribution in [0.3, 0.4) is 0 Å². The topological polar surface area (TPSA) is 70.7 Å². The number of anilines is 1. The molecule has 0 saturated carbocycles. The van der Waals surface area contributed by atoms with Crippen molar-refractivity contribution in [2.45, 2.75) is 26.3 Å². The van der Waals surface area contributed by atoms with Crippen molar-refractivity contribution in [2.75, 3.05) is 25.5 Å². The number of rotatable bonds is 5. The maximum absolute atomic E-state index is 12.9. The van der Waals surface area contributed by atoms with Gasteiger partial charge in [0.1, 0.15) is 5.75 Å². The number of likely N-dealkylation sites (tertiary alicyclic amines) is 1. The zero-order valence-electron chi connectivity index (χ0n) is 16.7. The van der Waals surface area contributed by atoms with E-state index in [4.69, 9.17) is 4.74 Å². The Hall–Kier alpha value is -2.54. The van der Waals surface area contributed by atoms with Crippen LogP contribution >= 0.6 is 15.9 Å². The van der Waals surface area contributed by atoms with Crippen LogP contribution < -0.4 is 15.4 Å². The zero-order chi connectivity index (χ0) is 20.9. The van der Waals surface area contributed by atoms with Crippen molar-refractivity contribution < 1.29 is 14.3 Å². The largest absolute Gasteiger partial charge is 0.497 e. The predicted molar refractivity (Wildman–Crippen MR) is 117 cm³/mol. The van der Waals surface area contributed by atoms with Crippen LogP contribution in [0.25, 0.3) is 0 Å². The first-order chi connectivity index (χ1) is 13.9. The standard InChI is InChI=1S/C22H26BrN3O3/c1-22(20(27)24-14-16-5-3-6-19(13-16)29-2)11-4-12-26(15-22)21(28)25-18-9-7-17(23)8-10-18/h3,5-10,13H,4,11-12,14-15H2,1-2H3,(H,24,27)(H,25,28)/t22-/m0/s1. The van der Waals surface area contributed by atoms with E-state index >= 15 is 0 Å². The quantitative estimate of drug-likeness (QED) is 0.695. The van der Waals surface area contributed by atoms with Crippen molar-refractivity contribution in [1.82, 2.24) is 10.2 Å². The number of carbonyl (C=O) groups is 2. The Morgan fingerprint density at radius 1 is 1.21 bits per heavy atom. The summed E-state index contributed by atoms with van der Waals surface area (Å²) in [5.41, 5.74) is 1.09. The fourth-order valence-corrected chi connectivity index (χ4v) is 3.78. The van der Waals surface area contributed by atoms with Gasteiger partial charge in [-0.1, -0.05) is 28.1 Å². The molecule has 2 aromatic carbocycles. The molecule has 2 aromatic rings. The summed E-state index contributed by atoms with van der Waals surface area (Å²) in [6, 6.07) is 14.9. The molecule has 0 aromatic heterocycles. The third-order valence-corrected chi connectivity index (χ3v) is 5.74. The van der Waals surface area contributed by atoms with Crippen LogP contribution in [0.4, 0.5) is 10.5 Å². The number of nitrogens with one attached hydrogen (secondary N) is 2. The summed E-state index contributed by atoms with van der Waals surface area (Å²) in [5.74, 6) is 0.720. The molecule has 154 valence electrons. The molecule has 1 heterocycles. The number of ether oxygens (including phenoxy) is 1. The second-order valence-corrected chi connectivity index (χ2v) is 8.47. The van der Waals surface area contributed by atoms with Gasteiger partial charge >= 0.3 is 6.03 Å². The summed E-state index contributed by atoms with van der Waals surface area (Å²) < 4.78 is 6.18. The molecule has 0 radical (unpaired) electrons. The molecule has 1 atom stereocenters. The highest BCUT2D eigenvalue weighted by atomic mass is 79.9. The maximum Gasteiger partial charge on any atom is 0.321 e. The first kappa shape index (κ1) is 21.2. The molecule has 0 aliphatic carbocycles. The molecule has 29 heavy (non-hydrogen) atoms. The minimum absolute atomic E-state index is 0.0403. The fourth-order valence-electron chi connectivity index (χ4n) is 3.51. The Labute approximate surface area is 179 Å². The Morgan fingerprint density at radius 3 is 2.69 bits per heavy atom. The van der Waals surface area contributed by atoms with E-state index in [1.807, 2.05) is 55.5 Å². The molecule has 0 unspecified atom stereocenters. The van der Waals surface area contributed by atoms with Crippen LogP contribution in [-0.2, 0) is 11.3 Å². The number of hydrogen-bond acceptors (Lipinski definition) is 3. The van der Waals surface area contributed by atoms with Crippen LogP contribution in [0.2, 0.25) is 0 Å². The predicted octanol–water partition coefficient (Wildman–Crippen LogP) is 4.41. The molecule has 1 saturated heterocycles. The Bertz CT molecular complexity index is 872. The van der Waals surface area contributed by atoms with Crippen LogP contribution in [0.15, 0.2) is 53.0 Å². The highest BCUT2D eigenvalue weighted by molar-refractivity contribution is 9.10. The monoisotopic (exact) mass is 459 g/mol. The molecule has 0 spiro atoms. The van der Waals surface area contributed by atoms with Gasteiger partial charge in [0.05, 0.1) is 12.5 Å². The van der Waals surface area contributed by atoms with Gasteiger partial charge in [-0.25, -0.2) is 4.79 Å². The smallest absolute Gasteiger partial charge is 0.321 e. The van der Waals surface area contributed by atoms with Gasteiger partial charge in [0.25, 0.3) is 0 Å². The van der Waals surface area contributed by atoms with E-state index in [2.05, 4.69) is 26.6 Å². The molecular weight excluding hydrogens is 434 g/mol. The lowest BCUT2D eigenvalue weighted by molar-refractivity contribution is -0.132. The molecule has 7 heteroatoms. The average molecular weight is 460 g/mol. The highest BCUT2D eigenvalue weighted by Crippen LogP contribution is 2.30. The number of carbonyl (C=O) groups excluding carboxylic acids is 2. The number of halogens is 1. The van der Waals surface area contributed by atoms with Crippen molar-refractivity contribution in [1.29, 1.82) is 0 Å². The molecule has 3 rings (SSSR count). The molecule has 1 fully saturated rings. The van der Waals surface area contributed by atoms with Crippen LogP contribution in [0, 0.1) is 5.41 Å². The third kappa shape index (κ3) is 5.50. The lowest BCUT2D eigenvalue weighted by Gasteiger charge is -2.39. The van der Waals surface area contributed by atoms with Crippen molar-refractivity contribution >= 4 is 33.6 Å². The Morgan fingerprint density at radius 2 is 1.97 bits per heavy atom. The number of nitrogens with zero attached hydrogens (tertiary/aromatic N) is 1. The average Bonchev–Trinajstić information content (AvgIpc) is 2.73. The summed E-state index contributed by atoms with van der Waals surface area (Å²) in [4.78, 5) is 27.3. The molecule has 6 nitrogen and oxygen atoms in total. The first-order valence-electron chi connectivity index (χ1n) is 9.62. The van der Waals surface area contributed by atoms with Gasteiger partial charge in [0.15, 0.2) is 0 Å². The van der Waals surface area contributed by atoms with Gasteiger partial charge in [-0.15, -0.1) is 0 Å². The summed E-state index contributed by atoms with van der Waals surface area (Å²) in [7, 11) is 1.62. The Kier molecular flexibility index (Phi) is 6.79. The number of hydrogen-bond donors (Lipinski definition) is 2. The van der Waals surface area contributed by atoms with E-state index in [1.165, 1.54) is 0 Å². The second-order valence-electron chi connectivity index (χ2n) is 7.56. The summed E-state index contributed by atoms with van der Waals surface area (Å²) >= 11 is 3.38. The van der Waals surface area contributed by atoms with Crippen LogP contribution in [0.5, 0.6) is 5.75 Å². The normalized spacial score (nSPS) is 18.8. The molecule has 0 bridgehead atoms. The number of urea groups is 1. The molecule has 3 amide bonds. The highest BCUT2D eigenvalue weighted by Gasteiger charge is 2.39. The van der Waals surface area contributed by atoms with Gasteiger partial charge in [-0.3, -0.25) is 4.79 Å². The van der Waals surface area contributed by atoms with Gasteiger partial charge in [-0.05, 0) is 61.7 Å². The lowest BCUT2D eigenvalue weighted by atomic mass is 9.81. The molecular formula is C22H26BrN3O3. The summed E-state index contributed by atoms with van der Waals surface area (Å²) in [6.45, 7) is 3.38. The van der Waals surface area contributed by atoms with Gasteiger partial charge in [0, 0.05) is 29.8 Å². The first-order valence-corrected chi connectivity index (χ1v) is 10.4. The van der Waals surface area contributed by atoms with Crippen LogP contribution in [-0.4, -0.2) is 37.0 Å². The van der Waals surface area contributed by atoms with Gasteiger partial charge in [0.2, 0.25) is 5.91 Å². The zero-order valence-corrected chi connectivity index (χ0v) is 18.3. The number of benzene rings is 2. The maximum atomic E-state index is 12.9. The molecule has 1 aliphatic rings.